The molecule has 3 aromatic rings. The van der Waals surface area contributed by atoms with Gasteiger partial charge in [0, 0.05) is 11.1 Å². The molecule has 25 heavy (non-hydrogen) atoms. The number of nitrogens with zero attached hydrogens (tertiary/aromatic N) is 2. The fourth-order valence-corrected chi connectivity index (χ4v) is 2.61. The number of ether oxygens (including phenoxy) is 1. The van der Waals surface area contributed by atoms with Crippen LogP contribution in [0, 0.1) is 0 Å². The van der Waals surface area contributed by atoms with Gasteiger partial charge in [0.2, 0.25) is 5.82 Å². The summed E-state index contributed by atoms with van der Waals surface area (Å²) in [5.74, 6) is -2.14. The summed E-state index contributed by atoms with van der Waals surface area (Å²) >= 11 is 11.7. The zero-order valence-corrected chi connectivity index (χ0v) is 13.9. The number of hydrogen-bond donors (Lipinski definition) is 0. The number of esters is 1. The van der Waals surface area contributed by atoms with E-state index in [4.69, 9.17) is 27.9 Å². The minimum atomic E-state index is -4.72. The average molecular weight is 389 g/mol. The Labute approximate surface area is 149 Å². The lowest BCUT2D eigenvalue weighted by atomic mass is 10.3. The van der Waals surface area contributed by atoms with Crippen molar-refractivity contribution in [1.29, 1.82) is 0 Å². The number of carbonyl (C=O) groups excluding carboxylic acids is 1. The molecule has 0 fully saturated rings. The monoisotopic (exact) mass is 388 g/mol. The zero-order valence-electron chi connectivity index (χ0n) is 12.3. The standard InChI is InChI=1S/C16H9Cl2F3N2O2/c17-9-5-6-10(18)13(7-9)25-14(24)8-23-12-4-2-1-3-11(12)22-15(23)16(19,20)21/h1-7H,8H2. The summed E-state index contributed by atoms with van der Waals surface area (Å²) in [6, 6.07) is 10.2. The number of para-hydroxylation sites is 2. The molecule has 9 heteroatoms. The van der Waals surface area contributed by atoms with Gasteiger partial charge in [-0.05, 0) is 24.3 Å². The number of benzene rings is 2. The zero-order chi connectivity index (χ0) is 18.2. The fourth-order valence-electron chi connectivity index (χ4n) is 2.29. The number of hydrogen-bond acceptors (Lipinski definition) is 3. The van der Waals surface area contributed by atoms with Gasteiger partial charge in [0.05, 0.1) is 16.1 Å². The molecule has 4 nitrogen and oxygen atoms in total. The molecule has 0 aliphatic rings. The Kier molecular flexibility index (Phi) is 4.62. The number of aromatic nitrogens is 2. The highest BCUT2D eigenvalue weighted by Crippen LogP contribution is 2.32. The van der Waals surface area contributed by atoms with Crippen LogP contribution in [0.5, 0.6) is 5.75 Å². The minimum Gasteiger partial charge on any atom is -0.424 e. The Hall–Kier alpha value is -2.25. The molecule has 2 aromatic carbocycles. The minimum absolute atomic E-state index is 0.0304. The lowest BCUT2D eigenvalue weighted by molar-refractivity contribution is -0.148. The summed E-state index contributed by atoms with van der Waals surface area (Å²) in [5, 5.41) is 0.389. The predicted molar refractivity (Wildman–Crippen MR) is 86.8 cm³/mol. The number of alkyl halides is 3. The van der Waals surface area contributed by atoms with E-state index in [0.29, 0.717) is 0 Å². The molecule has 0 aliphatic heterocycles. The maximum absolute atomic E-state index is 13.2. The second-order valence-corrected chi connectivity index (χ2v) is 5.90. The number of rotatable bonds is 3. The van der Waals surface area contributed by atoms with Crippen LogP contribution in [0.3, 0.4) is 0 Å². The van der Waals surface area contributed by atoms with Gasteiger partial charge in [0.1, 0.15) is 6.54 Å². The third-order valence-corrected chi connectivity index (χ3v) is 3.86. The van der Waals surface area contributed by atoms with E-state index in [1.54, 1.807) is 12.1 Å². The van der Waals surface area contributed by atoms with E-state index < -0.39 is 24.5 Å². The molecule has 1 heterocycles. The van der Waals surface area contributed by atoms with Crippen LogP contribution in [-0.4, -0.2) is 15.5 Å². The molecule has 0 N–H and O–H groups in total. The molecule has 0 atom stereocenters. The number of imidazole rings is 1. The molecule has 3 rings (SSSR count). The van der Waals surface area contributed by atoms with Gasteiger partial charge < -0.3 is 9.30 Å². The van der Waals surface area contributed by atoms with E-state index in [0.717, 1.165) is 4.57 Å². The maximum atomic E-state index is 13.2. The van der Waals surface area contributed by atoms with Crippen LogP contribution in [0.15, 0.2) is 42.5 Å². The van der Waals surface area contributed by atoms with E-state index >= 15 is 0 Å². The number of carbonyl (C=O) groups is 1. The topological polar surface area (TPSA) is 44.1 Å². The van der Waals surface area contributed by atoms with Crippen molar-refractivity contribution in [3.63, 3.8) is 0 Å². The average Bonchev–Trinajstić information content (AvgIpc) is 2.90. The third-order valence-electron chi connectivity index (χ3n) is 3.31. The Bertz CT molecular complexity index is 954. The van der Waals surface area contributed by atoms with Crippen LogP contribution in [0.1, 0.15) is 5.82 Å². The van der Waals surface area contributed by atoms with Crippen molar-refractivity contribution in [2.24, 2.45) is 0 Å². The van der Waals surface area contributed by atoms with Gasteiger partial charge in [-0.2, -0.15) is 13.2 Å². The molecule has 0 unspecified atom stereocenters. The van der Waals surface area contributed by atoms with E-state index in [-0.39, 0.29) is 26.8 Å². The second-order valence-electron chi connectivity index (χ2n) is 5.06. The van der Waals surface area contributed by atoms with Crippen LogP contribution in [0.25, 0.3) is 11.0 Å². The summed E-state index contributed by atoms with van der Waals surface area (Å²) in [7, 11) is 0. The first-order valence-corrected chi connectivity index (χ1v) is 7.69. The van der Waals surface area contributed by atoms with Gasteiger partial charge in [0.25, 0.3) is 0 Å². The Morgan fingerprint density at radius 1 is 1.16 bits per heavy atom. The maximum Gasteiger partial charge on any atom is 0.449 e. The Morgan fingerprint density at radius 2 is 1.88 bits per heavy atom. The summed E-state index contributed by atoms with van der Waals surface area (Å²) in [6.45, 7) is -0.682. The van der Waals surface area contributed by atoms with Gasteiger partial charge in [0.15, 0.2) is 5.75 Å². The Morgan fingerprint density at radius 3 is 2.60 bits per heavy atom. The van der Waals surface area contributed by atoms with E-state index in [2.05, 4.69) is 4.98 Å². The van der Waals surface area contributed by atoms with Gasteiger partial charge >= 0.3 is 12.1 Å². The highest BCUT2D eigenvalue weighted by atomic mass is 35.5. The van der Waals surface area contributed by atoms with Crippen LogP contribution in [0.4, 0.5) is 13.2 Å². The molecule has 1 aromatic heterocycles. The molecular formula is C16H9Cl2F3N2O2. The summed E-state index contributed by atoms with van der Waals surface area (Å²) in [6.07, 6.45) is -4.72. The fraction of sp³-hybridized carbons (Fsp3) is 0.125. The molecular weight excluding hydrogens is 380 g/mol. The quantitative estimate of drug-likeness (QED) is 0.470. The summed E-state index contributed by atoms with van der Waals surface area (Å²) < 4.78 is 45.4. The van der Waals surface area contributed by atoms with Gasteiger partial charge in [-0.1, -0.05) is 35.3 Å². The van der Waals surface area contributed by atoms with Gasteiger partial charge in [-0.15, -0.1) is 0 Å². The molecule has 0 aliphatic carbocycles. The van der Waals surface area contributed by atoms with Crippen molar-refractivity contribution in [3.8, 4) is 5.75 Å². The van der Waals surface area contributed by atoms with Crippen molar-refractivity contribution in [1.82, 2.24) is 9.55 Å². The SMILES string of the molecule is O=C(Cn1c(C(F)(F)F)nc2ccccc21)Oc1cc(Cl)ccc1Cl. The third kappa shape index (κ3) is 3.72. The molecule has 0 radical (unpaired) electrons. The van der Waals surface area contributed by atoms with Gasteiger partial charge in [-0.25, -0.2) is 9.78 Å². The van der Waals surface area contributed by atoms with Crippen molar-refractivity contribution in [2.75, 3.05) is 0 Å². The first-order chi connectivity index (χ1) is 11.8. The number of fused-ring (bicyclic) bond motifs is 1. The molecule has 0 saturated heterocycles. The van der Waals surface area contributed by atoms with Gasteiger partial charge in [-0.3, -0.25) is 0 Å². The van der Waals surface area contributed by atoms with Crippen LogP contribution in [0.2, 0.25) is 10.0 Å². The first-order valence-electron chi connectivity index (χ1n) is 6.94. The van der Waals surface area contributed by atoms with E-state index in [9.17, 15) is 18.0 Å². The largest absolute Gasteiger partial charge is 0.449 e. The number of halogens is 5. The lowest BCUT2D eigenvalue weighted by Crippen LogP contribution is -2.22. The van der Waals surface area contributed by atoms with Crippen molar-refractivity contribution >= 4 is 40.2 Å². The molecule has 0 bridgehead atoms. The molecule has 0 saturated carbocycles. The lowest BCUT2D eigenvalue weighted by Gasteiger charge is -2.11. The summed E-state index contributed by atoms with van der Waals surface area (Å²) in [5.41, 5.74) is 0.298. The Balaban J connectivity index is 1.94. The highest BCUT2D eigenvalue weighted by Gasteiger charge is 2.38. The smallest absolute Gasteiger partial charge is 0.424 e. The van der Waals surface area contributed by atoms with Crippen molar-refractivity contribution in [3.05, 3.63) is 58.3 Å². The molecule has 0 spiro atoms. The predicted octanol–water partition coefficient (Wildman–Crippen LogP) is 4.97. The van der Waals surface area contributed by atoms with Crippen LogP contribution < -0.4 is 4.74 Å². The normalized spacial score (nSPS) is 11.7. The van der Waals surface area contributed by atoms with Crippen molar-refractivity contribution < 1.29 is 22.7 Å². The first kappa shape index (κ1) is 17.6. The van der Waals surface area contributed by atoms with E-state index in [1.807, 2.05) is 0 Å². The van der Waals surface area contributed by atoms with Crippen LogP contribution in [-0.2, 0) is 17.5 Å². The van der Waals surface area contributed by atoms with Crippen LogP contribution >= 0.6 is 23.2 Å². The second kappa shape index (κ2) is 6.57. The van der Waals surface area contributed by atoms with Crippen molar-refractivity contribution in [2.45, 2.75) is 12.7 Å². The van der Waals surface area contributed by atoms with E-state index in [1.165, 1.54) is 30.3 Å². The highest BCUT2D eigenvalue weighted by molar-refractivity contribution is 6.34. The molecule has 0 amide bonds. The molecule has 130 valence electrons. The summed E-state index contributed by atoms with van der Waals surface area (Å²) in [4.78, 5) is 15.7.